The molecule has 0 heterocycles. The summed E-state index contributed by atoms with van der Waals surface area (Å²) in [5.74, 6) is 0.0979. The van der Waals surface area contributed by atoms with E-state index in [4.69, 9.17) is 4.74 Å². The first-order valence-corrected chi connectivity index (χ1v) is 6.05. The molecule has 1 aromatic rings. The first-order chi connectivity index (χ1) is 9.02. The van der Waals surface area contributed by atoms with Crippen LogP contribution in [0, 0.1) is 0 Å². The molecule has 1 rings (SSSR count). The van der Waals surface area contributed by atoms with Crippen LogP contribution < -0.4 is 15.4 Å². The van der Waals surface area contributed by atoms with Gasteiger partial charge < -0.3 is 15.4 Å². The predicted octanol–water partition coefficient (Wildman–Crippen LogP) is 2.70. The molecule has 0 radical (unpaired) electrons. The van der Waals surface area contributed by atoms with Gasteiger partial charge in [-0.2, -0.15) is 0 Å². The predicted molar refractivity (Wildman–Crippen MR) is 74.2 cm³/mol. The van der Waals surface area contributed by atoms with Crippen molar-refractivity contribution in [3.63, 3.8) is 0 Å². The summed E-state index contributed by atoms with van der Waals surface area (Å²) in [6.45, 7) is 7.68. The van der Waals surface area contributed by atoms with Crippen molar-refractivity contribution in [2.24, 2.45) is 0 Å². The largest absolute Gasteiger partial charge is 0.412 e. The number of amides is 2. The van der Waals surface area contributed by atoms with Crippen molar-refractivity contribution in [1.82, 2.24) is 5.32 Å². The van der Waals surface area contributed by atoms with Gasteiger partial charge in [0.15, 0.2) is 0 Å². The van der Waals surface area contributed by atoms with Gasteiger partial charge in [-0.3, -0.25) is 4.79 Å². The molecule has 5 heteroatoms. The van der Waals surface area contributed by atoms with E-state index in [1.165, 1.54) is 0 Å². The van der Waals surface area contributed by atoms with Gasteiger partial charge in [-0.25, -0.2) is 4.79 Å². The monoisotopic (exact) mass is 262 g/mol. The second-order valence-electron chi connectivity index (χ2n) is 4.08. The van der Waals surface area contributed by atoms with Crippen LogP contribution in [0.4, 0.5) is 10.5 Å². The SMILES string of the molecule is C=C(C)C(=O)Nc1cccc(OC(=O)NCCC)c1. The van der Waals surface area contributed by atoms with Gasteiger partial charge in [0.2, 0.25) is 0 Å². The average molecular weight is 262 g/mol. The van der Waals surface area contributed by atoms with E-state index in [2.05, 4.69) is 17.2 Å². The van der Waals surface area contributed by atoms with Crippen LogP contribution in [0.25, 0.3) is 0 Å². The van der Waals surface area contributed by atoms with E-state index in [9.17, 15) is 9.59 Å². The molecule has 0 saturated carbocycles. The summed E-state index contributed by atoms with van der Waals surface area (Å²) in [4.78, 5) is 22.8. The molecule has 0 bridgehead atoms. The Bertz CT molecular complexity index is 483. The number of hydrogen-bond acceptors (Lipinski definition) is 3. The maximum absolute atomic E-state index is 11.5. The summed E-state index contributed by atoms with van der Waals surface area (Å²) >= 11 is 0. The Morgan fingerprint density at radius 2 is 2.11 bits per heavy atom. The summed E-state index contributed by atoms with van der Waals surface area (Å²) in [6.07, 6.45) is 0.328. The molecule has 0 aliphatic rings. The van der Waals surface area contributed by atoms with Gasteiger partial charge in [-0.05, 0) is 25.5 Å². The molecule has 1 aromatic carbocycles. The molecule has 0 fully saturated rings. The maximum Gasteiger partial charge on any atom is 0.412 e. The molecule has 0 unspecified atom stereocenters. The van der Waals surface area contributed by atoms with Crippen molar-refractivity contribution in [3.8, 4) is 5.75 Å². The molecule has 2 amide bonds. The molecule has 5 nitrogen and oxygen atoms in total. The highest BCUT2D eigenvalue weighted by Crippen LogP contribution is 2.17. The number of anilines is 1. The molecule has 0 atom stereocenters. The summed E-state index contributed by atoms with van der Waals surface area (Å²) < 4.78 is 5.08. The first kappa shape index (κ1) is 14.8. The van der Waals surface area contributed by atoms with E-state index >= 15 is 0 Å². The van der Waals surface area contributed by atoms with Gasteiger partial charge in [-0.1, -0.05) is 19.6 Å². The molecule has 102 valence electrons. The Morgan fingerprint density at radius 1 is 1.37 bits per heavy atom. The summed E-state index contributed by atoms with van der Waals surface area (Å²) in [5, 5.41) is 5.24. The van der Waals surface area contributed by atoms with E-state index < -0.39 is 6.09 Å². The van der Waals surface area contributed by atoms with E-state index in [1.807, 2.05) is 6.92 Å². The number of hydrogen-bond donors (Lipinski definition) is 2. The van der Waals surface area contributed by atoms with Crippen molar-refractivity contribution >= 4 is 17.7 Å². The van der Waals surface area contributed by atoms with Gasteiger partial charge in [0.25, 0.3) is 5.91 Å². The third kappa shape index (κ3) is 5.25. The molecule has 2 N–H and O–H groups in total. The normalized spacial score (nSPS) is 9.58. The molecular formula is C14H18N2O3. The maximum atomic E-state index is 11.5. The lowest BCUT2D eigenvalue weighted by atomic mass is 10.2. The van der Waals surface area contributed by atoms with Gasteiger partial charge >= 0.3 is 6.09 Å². The Morgan fingerprint density at radius 3 is 2.74 bits per heavy atom. The second-order valence-corrected chi connectivity index (χ2v) is 4.08. The minimum atomic E-state index is -0.509. The Balaban J connectivity index is 2.64. The minimum Gasteiger partial charge on any atom is -0.410 e. The quantitative estimate of drug-likeness (QED) is 0.802. The standard InChI is InChI=1S/C14H18N2O3/c1-4-8-15-14(18)19-12-7-5-6-11(9-12)16-13(17)10(2)3/h5-7,9H,2,4,8H2,1,3H3,(H,15,18)(H,16,17). The van der Waals surface area contributed by atoms with E-state index in [0.29, 0.717) is 23.6 Å². The third-order valence-electron chi connectivity index (χ3n) is 2.21. The van der Waals surface area contributed by atoms with Gasteiger partial charge in [0, 0.05) is 23.9 Å². The number of carbonyl (C=O) groups is 2. The van der Waals surface area contributed by atoms with E-state index in [-0.39, 0.29) is 5.91 Å². The topological polar surface area (TPSA) is 67.4 Å². The minimum absolute atomic E-state index is 0.271. The fourth-order valence-corrected chi connectivity index (χ4v) is 1.25. The highest BCUT2D eigenvalue weighted by Gasteiger charge is 2.06. The molecule has 0 aliphatic carbocycles. The molecule has 0 aliphatic heterocycles. The molecule has 0 aromatic heterocycles. The lowest BCUT2D eigenvalue weighted by molar-refractivity contribution is -0.112. The van der Waals surface area contributed by atoms with Gasteiger partial charge in [0.05, 0.1) is 0 Å². The number of ether oxygens (including phenoxy) is 1. The Labute approximate surface area is 112 Å². The second kappa shape index (κ2) is 7.20. The molecular weight excluding hydrogens is 244 g/mol. The molecule has 0 spiro atoms. The Hall–Kier alpha value is -2.30. The highest BCUT2D eigenvalue weighted by atomic mass is 16.6. The smallest absolute Gasteiger partial charge is 0.410 e. The fraction of sp³-hybridized carbons (Fsp3) is 0.286. The van der Waals surface area contributed by atoms with E-state index in [0.717, 1.165) is 6.42 Å². The van der Waals surface area contributed by atoms with Crippen molar-refractivity contribution in [2.45, 2.75) is 20.3 Å². The van der Waals surface area contributed by atoms with Crippen LogP contribution in [0.3, 0.4) is 0 Å². The van der Waals surface area contributed by atoms with Crippen LogP contribution in [-0.4, -0.2) is 18.5 Å². The number of nitrogens with one attached hydrogen (secondary N) is 2. The lowest BCUT2D eigenvalue weighted by Crippen LogP contribution is -2.27. The van der Waals surface area contributed by atoms with Crippen molar-refractivity contribution in [1.29, 1.82) is 0 Å². The zero-order valence-corrected chi connectivity index (χ0v) is 11.2. The third-order valence-corrected chi connectivity index (χ3v) is 2.21. The summed E-state index contributed by atoms with van der Waals surface area (Å²) in [7, 11) is 0. The average Bonchev–Trinajstić information content (AvgIpc) is 2.36. The molecule has 0 saturated heterocycles. The number of carbonyl (C=O) groups excluding carboxylic acids is 2. The van der Waals surface area contributed by atoms with Crippen LogP contribution in [0.2, 0.25) is 0 Å². The molecule has 19 heavy (non-hydrogen) atoms. The van der Waals surface area contributed by atoms with Crippen molar-refractivity contribution < 1.29 is 14.3 Å². The van der Waals surface area contributed by atoms with Crippen LogP contribution >= 0.6 is 0 Å². The zero-order valence-electron chi connectivity index (χ0n) is 11.2. The number of benzene rings is 1. The Kier molecular flexibility index (Phi) is 5.60. The summed E-state index contributed by atoms with van der Waals surface area (Å²) in [5.41, 5.74) is 0.959. The fourth-order valence-electron chi connectivity index (χ4n) is 1.25. The highest BCUT2D eigenvalue weighted by molar-refractivity contribution is 6.02. The lowest BCUT2D eigenvalue weighted by Gasteiger charge is -2.08. The van der Waals surface area contributed by atoms with Crippen LogP contribution in [0.15, 0.2) is 36.4 Å². The van der Waals surface area contributed by atoms with Gasteiger partial charge in [-0.15, -0.1) is 0 Å². The van der Waals surface area contributed by atoms with E-state index in [1.54, 1.807) is 31.2 Å². The zero-order chi connectivity index (χ0) is 14.3. The van der Waals surface area contributed by atoms with Crippen LogP contribution in [-0.2, 0) is 4.79 Å². The van der Waals surface area contributed by atoms with Crippen LogP contribution in [0.1, 0.15) is 20.3 Å². The first-order valence-electron chi connectivity index (χ1n) is 6.05. The van der Waals surface area contributed by atoms with Gasteiger partial charge in [0.1, 0.15) is 5.75 Å². The summed E-state index contributed by atoms with van der Waals surface area (Å²) in [6, 6.07) is 6.61. The van der Waals surface area contributed by atoms with Crippen LogP contribution in [0.5, 0.6) is 5.75 Å². The number of rotatable bonds is 5. The van der Waals surface area contributed by atoms with Crippen molar-refractivity contribution in [3.05, 3.63) is 36.4 Å². The van der Waals surface area contributed by atoms with Crippen molar-refractivity contribution in [2.75, 3.05) is 11.9 Å².